The molecule has 0 spiro atoms. The Bertz CT molecular complexity index is 569. The van der Waals surface area contributed by atoms with Gasteiger partial charge in [0.15, 0.2) is 0 Å². The van der Waals surface area contributed by atoms with Gasteiger partial charge in [-0.15, -0.1) is 0 Å². The highest BCUT2D eigenvalue weighted by Crippen LogP contribution is 2.39. The number of hydrogen-bond donors (Lipinski definition) is 1. The lowest BCUT2D eigenvalue weighted by molar-refractivity contribution is -0.148. The van der Waals surface area contributed by atoms with E-state index >= 15 is 0 Å². The first-order valence-electron chi connectivity index (χ1n) is 7.23. The van der Waals surface area contributed by atoms with Gasteiger partial charge in [0.05, 0.1) is 10.7 Å². The van der Waals surface area contributed by atoms with Gasteiger partial charge in [0.25, 0.3) is 0 Å². The Morgan fingerprint density at radius 3 is 2.62 bits per heavy atom. The molecule has 0 saturated heterocycles. The molecule has 0 aromatic heterocycles. The molecule has 2 N–H and O–H groups in total. The lowest BCUT2D eigenvalue weighted by Gasteiger charge is -2.19. The van der Waals surface area contributed by atoms with Gasteiger partial charge < -0.3 is 10.5 Å². The third kappa shape index (κ3) is 5.09. The number of hydrogen-bond acceptors (Lipinski definition) is 3. The second-order valence-corrected chi connectivity index (χ2v) is 6.99. The van der Waals surface area contributed by atoms with E-state index in [1.54, 1.807) is 12.1 Å². The zero-order valence-electron chi connectivity index (χ0n) is 12.8. The van der Waals surface area contributed by atoms with E-state index in [1.807, 2.05) is 32.9 Å². The van der Waals surface area contributed by atoms with E-state index in [4.69, 9.17) is 22.1 Å². The van der Waals surface area contributed by atoms with Crippen molar-refractivity contribution in [3.05, 3.63) is 34.9 Å². The third-order valence-electron chi connectivity index (χ3n) is 3.27. The number of anilines is 1. The van der Waals surface area contributed by atoms with Crippen LogP contribution < -0.4 is 5.73 Å². The first-order chi connectivity index (χ1) is 9.74. The molecule has 1 aliphatic rings. The van der Waals surface area contributed by atoms with Crippen molar-refractivity contribution in [3.63, 3.8) is 0 Å². The minimum atomic E-state index is -0.489. The highest BCUT2D eigenvalue weighted by atomic mass is 35.5. The number of carbonyl (C=O) groups excluding carboxylic acids is 1. The molecule has 114 valence electrons. The number of halogens is 1. The summed E-state index contributed by atoms with van der Waals surface area (Å²) in [5.74, 6) is 0.349. The summed E-state index contributed by atoms with van der Waals surface area (Å²) >= 11 is 5.96. The van der Waals surface area contributed by atoms with Crippen LogP contribution in [0.2, 0.25) is 5.02 Å². The molecule has 1 aliphatic carbocycles. The zero-order valence-corrected chi connectivity index (χ0v) is 13.5. The highest BCUT2D eigenvalue weighted by molar-refractivity contribution is 6.33. The van der Waals surface area contributed by atoms with E-state index in [0.29, 0.717) is 16.6 Å². The molecule has 1 saturated carbocycles. The molecule has 2 rings (SSSR count). The summed E-state index contributed by atoms with van der Waals surface area (Å²) in [6.07, 6.45) is 4.90. The van der Waals surface area contributed by atoms with E-state index < -0.39 is 5.60 Å². The zero-order chi connectivity index (χ0) is 15.6. The summed E-state index contributed by atoms with van der Waals surface area (Å²) in [6.45, 7) is 5.58. The SMILES string of the molecule is CC(C)(C)OC(=O)/C=C(/CC1CC1)c1ccc(Cl)c(N)c1. The molecule has 4 heteroatoms. The minimum absolute atomic E-state index is 0.313. The Morgan fingerprint density at radius 2 is 2.10 bits per heavy atom. The van der Waals surface area contributed by atoms with Gasteiger partial charge in [-0.1, -0.05) is 17.7 Å². The molecule has 0 aliphatic heterocycles. The van der Waals surface area contributed by atoms with E-state index in [2.05, 4.69) is 0 Å². The van der Waals surface area contributed by atoms with Crippen molar-refractivity contribution in [1.29, 1.82) is 0 Å². The average Bonchev–Trinajstić information content (AvgIpc) is 3.13. The second kappa shape index (κ2) is 6.10. The maximum absolute atomic E-state index is 12.0. The fourth-order valence-electron chi connectivity index (χ4n) is 2.11. The number of nitrogen functional groups attached to an aromatic ring is 1. The first-order valence-corrected chi connectivity index (χ1v) is 7.61. The van der Waals surface area contributed by atoms with Gasteiger partial charge in [-0.3, -0.25) is 0 Å². The molecule has 0 bridgehead atoms. The summed E-state index contributed by atoms with van der Waals surface area (Å²) in [5.41, 5.74) is 7.81. The molecule has 1 aromatic carbocycles. The van der Waals surface area contributed by atoms with Crippen LogP contribution in [-0.2, 0) is 9.53 Å². The van der Waals surface area contributed by atoms with Crippen LogP contribution in [0.4, 0.5) is 5.69 Å². The number of carbonyl (C=O) groups is 1. The lowest BCUT2D eigenvalue weighted by Crippen LogP contribution is -2.22. The van der Waals surface area contributed by atoms with Crippen LogP contribution >= 0.6 is 11.6 Å². The number of rotatable bonds is 4. The number of esters is 1. The molecule has 0 atom stereocenters. The molecular formula is C17H22ClNO2. The van der Waals surface area contributed by atoms with E-state index in [0.717, 1.165) is 17.6 Å². The molecule has 0 heterocycles. The van der Waals surface area contributed by atoms with E-state index in [1.165, 1.54) is 12.8 Å². The van der Waals surface area contributed by atoms with Crippen LogP contribution in [-0.4, -0.2) is 11.6 Å². The van der Waals surface area contributed by atoms with Crippen LogP contribution in [0, 0.1) is 5.92 Å². The average molecular weight is 308 g/mol. The Labute approximate surface area is 131 Å². The normalized spacial score (nSPS) is 15.9. The van der Waals surface area contributed by atoms with Crippen molar-refractivity contribution >= 4 is 28.8 Å². The molecule has 1 aromatic rings. The van der Waals surface area contributed by atoms with Crippen LogP contribution in [0.15, 0.2) is 24.3 Å². The smallest absolute Gasteiger partial charge is 0.331 e. The van der Waals surface area contributed by atoms with Gasteiger partial charge in [0.1, 0.15) is 5.60 Å². The molecule has 0 unspecified atom stereocenters. The Morgan fingerprint density at radius 1 is 1.43 bits per heavy atom. The van der Waals surface area contributed by atoms with Gasteiger partial charge in [-0.25, -0.2) is 4.79 Å². The van der Waals surface area contributed by atoms with Gasteiger partial charge in [0, 0.05) is 6.08 Å². The summed E-state index contributed by atoms with van der Waals surface area (Å²) in [5, 5.41) is 0.529. The maximum atomic E-state index is 12.0. The van der Waals surface area contributed by atoms with Gasteiger partial charge in [-0.2, -0.15) is 0 Å². The molecular weight excluding hydrogens is 286 g/mol. The number of benzene rings is 1. The van der Waals surface area contributed by atoms with E-state index in [9.17, 15) is 4.79 Å². The van der Waals surface area contributed by atoms with Gasteiger partial charge in [0.2, 0.25) is 0 Å². The Balaban J connectivity index is 2.24. The quantitative estimate of drug-likeness (QED) is 0.508. The largest absolute Gasteiger partial charge is 0.457 e. The van der Waals surface area contributed by atoms with Crippen LogP contribution in [0.25, 0.3) is 5.57 Å². The van der Waals surface area contributed by atoms with Crippen molar-refractivity contribution in [2.45, 2.75) is 45.6 Å². The summed E-state index contributed by atoms with van der Waals surface area (Å²) in [6, 6.07) is 5.49. The fraction of sp³-hybridized carbons (Fsp3) is 0.471. The molecule has 3 nitrogen and oxygen atoms in total. The van der Waals surface area contributed by atoms with Crippen LogP contribution in [0.3, 0.4) is 0 Å². The molecule has 21 heavy (non-hydrogen) atoms. The first kappa shape index (κ1) is 15.9. The molecule has 1 fully saturated rings. The Kier molecular flexibility index (Phi) is 4.62. The number of ether oxygens (including phenoxy) is 1. The monoisotopic (exact) mass is 307 g/mol. The standard InChI is InChI=1S/C17H22ClNO2/c1-17(2,3)21-16(20)10-13(8-11-4-5-11)12-6-7-14(18)15(19)9-12/h6-7,9-11H,4-5,8,19H2,1-3H3/b13-10-. The van der Waals surface area contributed by atoms with E-state index in [-0.39, 0.29) is 5.97 Å². The van der Waals surface area contributed by atoms with Gasteiger partial charge >= 0.3 is 5.97 Å². The van der Waals surface area contributed by atoms with Crippen molar-refractivity contribution < 1.29 is 9.53 Å². The summed E-state index contributed by atoms with van der Waals surface area (Å²) in [4.78, 5) is 12.0. The van der Waals surface area contributed by atoms with Crippen molar-refractivity contribution in [2.75, 3.05) is 5.73 Å². The summed E-state index contributed by atoms with van der Waals surface area (Å²) < 4.78 is 5.37. The lowest BCUT2D eigenvalue weighted by atomic mass is 9.99. The Hall–Kier alpha value is -1.48. The maximum Gasteiger partial charge on any atom is 0.331 e. The van der Waals surface area contributed by atoms with Crippen LogP contribution in [0.1, 0.15) is 45.6 Å². The van der Waals surface area contributed by atoms with Gasteiger partial charge in [-0.05, 0) is 69.2 Å². The predicted octanol–water partition coefficient (Wildman–Crippen LogP) is 4.45. The van der Waals surface area contributed by atoms with Crippen molar-refractivity contribution in [3.8, 4) is 0 Å². The minimum Gasteiger partial charge on any atom is -0.457 e. The highest BCUT2D eigenvalue weighted by Gasteiger charge is 2.24. The number of nitrogens with two attached hydrogens (primary N) is 1. The van der Waals surface area contributed by atoms with Crippen molar-refractivity contribution in [2.24, 2.45) is 5.92 Å². The fourth-order valence-corrected chi connectivity index (χ4v) is 2.23. The molecule has 0 radical (unpaired) electrons. The number of allylic oxidation sites excluding steroid dienone is 1. The second-order valence-electron chi connectivity index (χ2n) is 6.59. The van der Waals surface area contributed by atoms with Crippen molar-refractivity contribution in [1.82, 2.24) is 0 Å². The summed E-state index contributed by atoms with van der Waals surface area (Å²) in [7, 11) is 0. The predicted molar refractivity (Wildman–Crippen MR) is 87.0 cm³/mol. The molecule has 0 amide bonds. The van der Waals surface area contributed by atoms with Crippen LogP contribution in [0.5, 0.6) is 0 Å². The third-order valence-corrected chi connectivity index (χ3v) is 3.62. The topological polar surface area (TPSA) is 52.3 Å².